The first-order valence-electron chi connectivity index (χ1n) is 13.0. The van der Waals surface area contributed by atoms with E-state index in [1.54, 1.807) is 25.3 Å². The predicted octanol–water partition coefficient (Wildman–Crippen LogP) is 1.72. The second-order valence-electron chi connectivity index (χ2n) is 11.3. The van der Waals surface area contributed by atoms with Crippen LogP contribution < -0.4 is 0 Å². The van der Waals surface area contributed by atoms with Crippen molar-refractivity contribution >= 4 is 12.0 Å². The molecule has 9 nitrogen and oxygen atoms in total. The van der Waals surface area contributed by atoms with Crippen molar-refractivity contribution in [1.82, 2.24) is 9.80 Å². The van der Waals surface area contributed by atoms with Crippen molar-refractivity contribution in [3.63, 3.8) is 0 Å². The van der Waals surface area contributed by atoms with E-state index in [-0.39, 0.29) is 48.7 Å². The summed E-state index contributed by atoms with van der Waals surface area (Å²) in [6, 6.07) is 4.07. The molecule has 9 heteroatoms. The van der Waals surface area contributed by atoms with Gasteiger partial charge in [0.15, 0.2) is 17.2 Å². The second-order valence-corrected chi connectivity index (χ2v) is 11.3. The normalized spacial score (nSPS) is 35.2. The van der Waals surface area contributed by atoms with E-state index in [1.165, 1.54) is 29.6 Å². The number of aromatic hydroxyl groups is 2. The van der Waals surface area contributed by atoms with Crippen molar-refractivity contribution in [2.24, 2.45) is 5.92 Å². The van der Waals surface area contributed by atoms with Crippen LogP contribution in [0.4, 0.5) is 0 Å². The molecule has 2 heterocycles. The van der Waals surface area contributed by atoms with E-state index in [1.807, 2.05) is 4.90 Å². The summed E-state index contributed by atoms with van der Waals surface area (Å²) >= 11 is 0. The number of aliphatic hydroxyl groups excluding tert-OH is 1. The average molecular weight is 511 g/mol. The zero-order valence-corrected chi connectivity index (χ0v) is 20.9. The van der Waals surface area contributed by atoms with E-state index >= 15 is 0 Å². The number of phenols is 2. The van der Waals surface area contributed by atoms with Gasteiger partial charge in [-0.15, -0.1) is 0 Å². The number of rotatable bonds is 5. The molecular weight excluding hydrogens is 476 g/mol. The van der Waals surface area contributed by atoms with E-state index in [9.17, 15) is 30.3 Å². The number of nitrogens with zero attached hydrogens (tertiary/aromatic N) is 2. The molecule has 5 atom stereocenters. The van der Waals surface area contributed by atoms with Gasteiger partial charge in [0.2, 0.25) is 5.91 Å². The highest BCUT2D eigenvalue weighted by molar-refractivity contribution is 5.91. The summed E-state index contributed by atoms with van der Waals surface area (Å²) < 4.78 is 5.04. The minimum atomic E-state index is -1.79. The molecular formula is C28H34N2O7. The molecule has 2 bridgehead atoms. The Morgan fingerprint density at radius 3 is 2.68 bits per heavy atom. The first-order chi connectivity index (χ1) is 17.6. The van der Waals surface area contributed by atoms with Crippen LogP contribution in [0, 0.1) is 5.92 Å². The Bertz CT molecular complexity index is 1240. The molecule has 198 valence electrons. The van der Waals surface area contributed by atoms with Crippen LogP contribution in [0.25, 0.3) is 6.08 Å². The third-order valence-corrected chi connectivity index (χ3v) is 9.48. The van der Waals surface area contributed by atoms with Crippen LogP contribution in [-0.4, -0.2) is 84.8 Å². The van der Waals surface area contributed by atoms with Gasteiger partial charge in [-0.3, -0.25) is 9.69 Å². The summed E-state index contributed by atoms with van der Waals surface area (Å²) in [6.45, 7) is 1.07. The van der Waals surface area contributed by atoms with Crippen molar-refractivity contribution in [3.8, 4) is 11.5 Å². The fourth-order valence-electron chi connectivity index (χ4n) is 7.33. The fraction of sp³-hybridized carbons (Fsp3) is 0.536. The second kappa shape index (κ2) is 8.33. The number of hydrogen-bond acceptors (Lipinski definition) is 8. The smallest absolute Gasteiger partial charge is 0.246 e. The number of benzene rings is 1. The third-order valence-electron chi connectivity index (χ3n) is 9.48. The van der Waals surface area contributed by atoms with Crippen molar-refractivity contribution in [2.45, 2.75) is 67.4 Å². The highest BCUT2D eigenvalue weighted by atomic mass is 16.4. The number of carbonyl (C=O) groups is 1. The van der Waals surface area contributed by atoms with Crippen LogP contribution in [0.2, 0.25) is 0 Å². The number of piperidine rings is 1. The Morgan fingerprint density at radius 2 is 1.97 bits per heavy atom. The molecule has 0 unspecified atom stereocenters. The highest BCUT2D eigenvalue weighted by Crippen LogP contribution is 2.64. The summed E-state index contributed by atoms with van der Waals surface area (Å²) in [4.78, 5) is 16.5. The molecule has 1 saturated heterocycles. The first-order valence-corrected chi connectivity index (χ1v) is 13.0. The largest absolute Gasteiger partial charge is 0.504 e. The quantitative estimate of drug-likeness (QED) is 0.303. The average Bonchev–Trinajstić information content (AvgIpc) is 3.53. The van der Waals surface area contributed by atoms with Gasteiger partial charge in [0.1, 0.15) is 5.60 Å². The van der Waals surface area contributed by atoms with Gasteiger partial charge in [-0.2, -0.15) is 0 Å². The van der Waals surface area contributed by atoms with Gasteiger partial charge in [0, 0.05) is 43.8 Å². The third kappa shape index (κ3) is 3.34. The monoisotopic (exact) mass is 510 g/mol. The summed E-state index contributed by atoms with van der Waals surface area (Å²) in [7, 11) is 1.61. The van der Waals surface area contributed by atoms with Crippen LogP contribution in [0.3, 0.4) is 0 Å². The Hall–Kier alpha value is -2.85. The maximum absolute atomic E-state index is 13.1. The lowest BCUT2D eigenvalue weighted by molar-refractivity contribution is -0.321. The molecule has 2 aromatic rings. The van der Waals surface area contributed by atoms with Gasteiger partial charge in [-0.1, -0.05) is 6.07 Å². The van der Waals surface area contributed by atoms with Crippen molar-refractivity contribution < 1.29 is 34.7 Å². The molecule has 2 saturated carbocycles. The first kappa shape index (κ1) is 24.5. The number of fused-ring (bicyclic) bond motifs is 1. The molecule has 0 radical (unpaired) electrons. The lowest BCUT2D eigenvalue weighted by atomic mass is 9.46. The number of hydrogen-bond donors (Lipinski definition) is 5. The van der Waals surface area contributed by atoms with Gasteiger partial charge >= 0.3 is 0 Å². The molecule has 6 rings (SSSR count). The molecule has 3 fully saturated rings. The van der Waals surface area contributed by atoms with Crippen LogP contribution in [-0.2, 0) is 16.6 Å². The molecule has 4 aliphatic rings. The SMILES string of the molecule is CN(C(=O)/C=C/c1ccoc1)[C@@H]1CC[C@]2(O)[C@]3(CCN(CC4CC4)[C@]2(O)Cc2ccc(O)c(O)c23)[C@@H]1O. The Balaban J connectivity index is 1.43. The molecule has 1 aliphatic heterocycles. The highest BCUT2D eigenvalue weighted by Gasteiger charge is 2.75. The van der Waals surface area contributed by atoms with Gasteiger partial charge in [0.25, 0.3) is 0 Å². The maximum Gasteiger partial charge on any atom is 0.246 e. The minimum Gasteiger partial charge on any atom is -0.504 e. The summed E-state index contributed by atoms with van der Waals surface area (Å²) in [5, 5.41) is 58.3. The maximum atomic E-state index is 13.1. The number of amides is 1. The summed E-state index contributed by atoms with van der Waals surface area (Å²) in [5.41, 5.74) is -3.34. The van der Waals surface area contributed by atoms with E-state index in [2.05, 4.69) is 0 Å². The van der Waals surface area contributed by atoms with Gasteiger partial charge in [-0.25, -0.2) is 0 Å². The molecule has 37 heavy (non-hydrogen) atoms. The Kier molecular flexibility index (Phi) is 5.51. The number of carbonyl (C=O) groups excluding carboxylic acids is 1. The van der Waals surface area contributed by atoms with E-state index in [0.29, 0.717) is 24.6 Å². The Morgan fingerprint density at radius 1 is 1.19 bits per heavy atom. The molecule has 1 aromatic heterocycles. The minimum absolute atomic E-state index is 0.0702. The molecule has 1 aromatic carbocycles. The van der Waals surface area contributed by atoms with Crippen LogP contribution in [0.5, 0.6) is 11.5 Å². The van der Waals surface area contributed by atoms with E-state index in [4.69, 9.17) is 4.42 Å². The molecule has 1 amide bonds. The van der Waals surface area contributed by atoms with Gasteiger partial charge < -0.3 is 34.8 Å². The van der Waals surface area contributed by atoms with E-state index in [0.717, 1.165) is 18.4 Å². The lowest BCUT2D eigenvalue weighted by Crippen LogP contribution is -2.84. The van der Waals surface area contributed by atoms with Crippen molar-refractivity contribution in [2.75, 3.05) is 20.1 Å². The number of furan rings is 1. The lowest BCUT2D eigenvalue weighted by Gasteiger charge is -2.69. The number of likely N-dealkylation sites (N-methyl/N-ethyl adjacent to an activating group) is 1. The summed E-state index contributed by atoms with van der Waals surface area (Å²) in [5.74, 6) is -0.586. The number of aliphatic hydroxyl groups is 3. The molecule has 0 spiro atoms. The number of likely N-dealkylation sites (tertiary alicyclic amines) is 1. The van der Waals surface area contributed by atoms with Crippen molar-refractivity contribution in [3.05, 3.63) is 53.5 Å². The van der Waals surface area contributed by atoms with Crippen molar-refractivity contribution in [1.29, 1.82) is 0 Å². The molecule has 5 N–H and O–H groups in total. The fourth-order valence-corrected chi connectivity index (χ4v) is 7.33. The number of phenolic OH excluding ortho intramolecular Hbond substituents is 2. The van der Waals surface area contributed by atoms with Crippen LogP contribution >= 0.6 is 0 Å². The topological polar surface area (TPSA) is 138 Å². The van der Waals surface area contributed by atoms with E-state index < -0.39 is 28.9 Å². The zero-order chi connectivity index (χ0) is 26.2. The van der Waals surface area contributed by atoms with Crippen LogP contribution in [0.1, 0.15) is 48.8 Å². The zero-order valence-electron chi connectivity index (χ0n) is 20.9. The van der Waals surface area contributed by atoms with Gasteiger partial charge in [0.05, 0.1) is 30.1 Å². The predicted molar refractivity (Wildman–Crippen MR) is 134 cm³/mol. The summed E-state index contributed by atoms with van der Waals surface area (Å²) in [6.07, 6.45) is 7.64. The standard InChI is InChI=1S/C28H34N2O7/c1-29(22(32)7-4-18-9-13-37-16-18)20-8-10-27(35)26(25(20)34)11-12-30(15-17-2-3-17)28(27,36)14-19-5-6-21(31)24(33)23(19)26/h4-7,9,13,16-17,20,25,31,33-36H,2-3,8,10-12,14-15H2,1H3/b7-4+/t20-,25-,26+,27+,28+/m1/s1. The molecule has 3 aliphatic carbocycles. The van der Waals surface area contributed by atoms with Gasteiger partial charge in [-0.05, 0) is 61.8 Å². The van der Waals surface area contributed by atoms with Crippen LogP contribution in [0.15, 0.2) is 41.2 Å². The Labute approximate surface area is 215 Å².